The van der Waals surface area contributed by atoms with E-state index in [2.05, 4.69) is 4.13 Å². The van der Waals surface area contributed by atoms with E-state index in [9.17, 15) is 30.0 Å². The average molecular weight is 346 g/mol. The Morgan fingerprint density at radius 1 is 0.857 bits per heavy atom. The summed E-state index contributed by atoms with van der Waals surface area (Å²) in [6.07, 6.45) is 3.37. The van der Waals surface area contributed by atoms with Gasteiger partial charge >= 0.3 is 5.51 Å². The van der Waals surface area contributed by atoms with Crippen LogP contribution in [0.2, 0.25) is 0 Å². The number of hydrogen-bond donors (Lipinski definition) is 0. The molecule has 4 rings (SSSR count). The van der Waals surface area contributed by atoms with Crippen molar-refractivity contribution < 1.29 is 30.0 Å². The first-order valence-corrected chi connectivity index (χ1v) is 9.62. The quantitative estimate of drug-likeness (QED) is 0.786. The van der Waals surface area contributed by atoms with Crippen molar-refractivity contribution in [1.29, 1.82) is 0 Å². The molecular weight excluding hydrogens is 331 g/mol. The Morgan fingerprint density at radius 3 is 1.57 bits per heavy atom. The minimum Gasteiger partial charge on any atom is -0.428 e. The van der Waals surface area contributed by atoms with Gasteiger partial charge in [-0.15, -0.1) is 0 Å². The van der Waals surface area contributed by atoms with Crippen LogP contribution in [0.15, 0.2) is 0 Å². The summed E-state index contributed by atoms with van der Waals surface area (Å²) in [4.78, 5) is 0. The fraction of sp³-hybridized carbons (Fsp3) is 1.00. The van der Waals surface area contributed by atoms with Crippen molar-refractivity contribution in [2.45, 2.75) is 48.8 Å². The number of alkyl halides is 3. The van der Waals surface area contributed by atoms with Gasteiger partial charge in [-0.2, -0.15) is 13.2 Å². The van der Waals surface area contributed by atoms with E-state index in [-0.39, 0.29) is 37.0 Å². The fourth-order valence-electron chi connectivity index (χ4n) is 4.60. The van der Waals surface area contributed by atoms with E-state index in [4.69, 9.17) is 0 Å². The first kappa shape index (κ1) is 15.5. The molecule has 0 N–H and O–H groups in total. The molecule has 0 aliphatic heterocycles. The van der Waals surface area contributed by atoms with Gasteiger partial charge in [0.25, 0.3) is 0 Å². The van der Waals surface area contributed by atoms with Gasteiger partial charge in [-0.25, -0.2) is 16.8 Å². The molecule has 0 aromatic rings. The molecule has 0 atom stereocenters. The third kappa shape index (κ3) is 2.39. The maximum Gasteiger partial charge on any atom is 0.480 e. The molecule has 4 aliphatic carbocycles. The number of nitrogens with zero attached hydrogens (tertiary/aromatic N) is 1. The molecule has 5 nitrogen and oxygen atoms in total. The standard InChI is InChI=1S/C11H15F3NO4S2/c12-11(13,14)21(18,19)15-20(16,17)10-4-7-1-8(5-10)3-9(2-7)6-10/h7-9H,1-6H2/q-1. The minimum absolute atomic E-state index is 0.162. The molecule has 21 heavy (non-hydrogen) atoms. The third-order valence-corrected chi connectivity index (χ3v) is 8.77. The molecule has 0 spiro atoms. The summed E-state index contributed by atoms with van der Waals surface area (Å²) >= 11 is 0. The molecule has 4 fully saturated rings. The van der Waals surface area contributed by atoms with Crippen LogP contribution >= 0.6 is 0 Å². The molecule has 4 saturated carbocycles. The van der Waals surface area contributed by atoms with Crippen molar-refractivity contribution in [2.24, 2.45) is 17.8 Å². The van der Waals surface area contributed by atoms with E-state index in [1.165, 1.54) is 0 Å². The summed E-state index contributed by atoms with van der Waals surface area (Å²) in [6, 6.07) is 0. The molecule has 0 saturated heterocycles. The molecule has 0 aromatic carbocycles. The van der Waals surface area contributed by atoms with Gasteiger partial charge in [-0.3, -0.25) is 0 Å². The summed E-state index contributed by atoms with van der Waals surface area (Å²) in [5, 5.41) is 0. The average Bonchev–Trinajstić information content (AvgIpc) is 2.23. The van der Waals surface area contributed by atoms with E-state index >= 15 is 0 Å². The smallest absolute Gasteiger partial charge is 0.428 e. The van der Waals surface area contributed by atoms with Crippen LogP contribution in [0.5, 0.6) is 0 Å². The second-order valence-electron chi connectivity index (χ2n) is 6.57. The first-order chi connectivity index (χ1) is 9.44. The lowest BCUT2D eigenvalue weighted by molar-refractivity contribution is -0.0425. The van der Waals surface area contributed by atoms with Crippen LogP contribution in [0, 0.1) is 17.8 Å². The Kier molecular flexibility index (Phi) is 3.22. The fourth-order valence-corrected chi connectivity index (χ4v) is 7.94. The zero-order valence-electron chi connectivity index (χ0n) is 11.0. The predicted molar refractivity (Wildman–Crippen MR) is 68.2 cm³/mol. The van der Waals surface area contributed by atoms with Crippen molar-refractivity contribution in [1.82, 2.24) is 0 Å². The van der Waals surface area contributed by atoms with Gasteiger partial charge in [0.2, 0.25) is 0 Å². The number of hydrogen-bond acceptors (Lipinski definition) is 4. The highest BCUT2D eigenvalue weighted by molar-refractivity contribution is 8.13. The van der Waals surface area contributed by atoms with Crippen LogP contribution in [0.4, 0.5) is 13.2 Å². The first-order valence-electron chi connectivity index (χ1n) is 6.74. The molecule has 0 radical (unpaired) electrons. The van der Waals surface area contributed by atoms with Gasteiger partial charge in [0, 0.05) is 0 Å². The van der Waals surface area contributed by atoms with E-state index in [0.717, 1.165) is 19.3 Å². The zero-order chi connectivity index (χ0) is 15.7. The molecule has 0 heterocycles. The van der Waals surface area contributed by atoms with Gasteiger partial charge in [0.15, 0.2) is 10.0 Å². The largest absolute Gasteiger partial charge is 0.480 e. The van der Waals surface area contributed by atoms with E-state index < -0.39 is 30.3 Å². The Balaban J connectivity index is 1.93. The highest BCUT2D eigenvalue weighted by atomic mass is 32.3. The molecular formula is C11H15F3NO4S2-. The summed E-state index contributed by atoms with van der Waals surface area (Å²) in [6.45, 7) is 0. The molecule has 122 valence electrons. The van der Waals surface area contributed by atoms with Crippen molar-refractivity contribution in [3.63, 3.8) is 0 Å². The third-order valence-electron chi connectivity index (χ3n) is 5.02. The van der Waals surface area contributed by atoms with E-state index in [1.54, 1.807) is 0 Å². The topological polar surface area (TPSA) is 82.4 Å². The molecule has 4 bridgehead atoms. The monoisotopic (exact) mass is 346 g/mol. The number of halogens is 3. The lowest BCUT2D eigenvalue weighted by Crippen LogP contribution is -2.54. The van der Waals surface area contributed by atoms with Crippen LogP contribution < -0.4 is 0 Å². The summed E-state index contributed by atoms with van der Waals surface area (Å²) in [5.41, 5.74) is -5.68. The van der Waals surface area contributed by atoms with Gasteiger partial charge < -0.3 is 4.13 Å². The second-order valence-corrected chi connectivity index (χ2v) is 10.4. The predicted octanol–water partition coefficient (Wildman–Crippen LogP) is 2.51. The van der Waals surface area contributed by atoms with Gasteiger partial charge in [0.1, 0.15) is 0 Å². The second kappa shape index (κ2) is 4.35. The van der Waals surface area contributed by atoms with Crippen molar-refractivity contribution in [3.05, 3.63) is 4.13 Å². The van der Waals surface area contributed by atoms with E-state index in [1.807, 2.05) is 0 Å². The minimum atomic E-state index is -6.01. The van der Waals surface area contributed by atoms with Crippen LogP contribution in [0.3, 0.4) is 0 Å². The summed E-state index contributed by atoms with van der Waals surface area (Å²) < 4.78 is 84.9. The van der Waals surface area contributed by atoms with Gasteiger partial charge in [-0.05, 0) is 56.3 Å². The Hall–Kier alpha value is -0.350. The van der Waals surface area contributed by atoms with Crippen molar-refractivity contribution in [3.8, 4) is 0 Å². The van der Waals surface area contributed by atoms with Gasteiger partial charge in [0.05, 0.1) is 14.8 Å². The van der Waals surface area contributed by atoms with Crippen molar-refractivity contribution in [2.75, 3.05) is 0 Å². The van der Waals surface area contributed by atoms with Crippen LogP contribution in [0.25, 0.3) is 4.13 Å². The highest BCUT2D eigenvalue weighted by Crippen LogP contribution is 2.59. The molecule has 4 aliphatic rings. The maximum absolute atomic E-state index is 12.4. The number of rotatable bonds is 3. The van der Waals surface area contributed by atoms with Crippen LogP contribution in [0.1, 0.15) is 38.5 Å². The highest BCUT2D eigenvalue weighted by Gasteiger charge is 2.56. The maximum atomic E-state index is 12.4. The van der Waals surface area contributed by atoms with Crippen LogP contribution in [-0.4, -0.2) is 27.1 Å². The van der Waals surface area contributed by atoms with Crippen molar-refractivity contribution >= 4 is 20.0 Å². The lowest BCUT2D eigenvalue weighted by Gasteiger charge is -2.57. The molecule has 10 heteroatoms. The number of sulfonamides is 2. The summed E-state index contributed by atoms with van der Waals surface area (Å²) in [5.74, 6) is 0.486. The lowest BCUT2D eigenvalue weighted by atomic mass is 9.56. The van der Waals surface area contributed by atoms with Gasteiger partial charge in [-0.1, -0.05) is 0 Å². The SMILES string of the molecule is O=S(=O)([N-]S(=O)(=O)C12CC3CC(CC(C3)C1)C2)C(F)(F)F. The summed E-state index contributed by atoms with van der Waals surface area (Å²) in [7, 11) is -10.7. The molecule has 0 unspecified atom stereocenters. The molecule has 0 aromatic heterocycles. The Morgan fingerprint density at radius 2 is 1.24 bits per heavy atom. The Bertz CT molecular complexity index is 618. The molecule has 0 amide bonds. The van der Waals surface area contributed by atoms with Crippen LogP contribution in [-0.2, 0) is 20.0 Å². The Labute approximate surface area is 121 Å². The normalized spacial score (nSPS) is 39.7. The van der Waals surface area contributed by atoms with E-state index in [0.29, 0.717) is 0 Å². The zero-order valence-corrected chi connectivity index (χ0v) is 12.6.